The van der Waals surface area contributed by atoms with Crippen LogP contribution in [0.1, 0.15) is 38.3 Å². The van der Waals surface area contributed by atoms with Gasteiger partial charge in [0.15, 0.2) is 0 Å². The average molecular weight is 262 g/mol. The van der Waals surface area contributed by atoms with Crippen molar-refractivity contribution >= 4 is 0 Å². The van der Waals surface area contributed by atoms with E-state index in [0.29, 0.717) is 0 Å². The third-order valence-corrected chi connectivity index (χ3v) is 4.82. The first-order valence-corrected chi connectivity index (χ1v) is 7.81. The normalized spacial score (nSPS) is 26.1. The second-order valence-corrected chi connectivity index (χ2v) is 5.99. The zero-order valence-electron chi connectivity index (χ0n) is 12.0. The first-order chi connectivity index (χ1) is 9.36. The SMILES string of the molecule is CCn1cncc1CN1CCC(C2CCCN2)CC1. The maximum atomic E-state index is 4.26. The van der Waals surface area contributed by atoms with Crippen molar-refractivity contribution in [3.63, 3.8) is 0 Å². The lowest BCUT2D eigenvalue weighted by molar-refractivity contribution is 0.154. The molecule has 1 N–H and O–H groups in total. The number of nitrogens with zero attached hydrogens (tertiary/aromatic N) is 3. The molecule has 4 heteroatoms. The zero-order valence-corrected chi connectivity index (χ0v) is 12.0. The van der Waals surface area contributed by atoms with Crippen LogP contribution < -0.4 is 5.32 Å². The van der Waals surface area contributed by atoms with Crippen molar-refractivity contribution in [2.45, 2.75) is 51.7 Å². The summed E-state index contributed by atoms with van der Waals surface area (Å²) in [6.45, 7) is 8.01. The first-order valence-electron chi connectivity index (χ1n) is 7.81. The highest BCUT2D eigenvalue weighted by Crippen LogP contribution is 2.26. The van der Waals surface area contributed by atoms with E-state index >= 15 is 0 Å². The Morgan fingerprint density at radius 3 is 2.84 bits per heavy atom. The highest BCUT2D eigenvalue weighted by molar-refractivity contribution is 4.99. The Bertz CT molecular complexity index is 387. The molecule has 0 saturated carbocycles. The van der Waals surface area contributed by atoms with Crippen LogP contribution in [0.5, 0.6) is 0 Å². The molecule has 4 nitrogen and oxygen atoms in total. The topological polar surface area (TPSA) is 33.1 Å². The number of aromatic nitrogens is 2. The number of aryl methyl sites for hydroxylation is 1. The molecule has 3 rings (SSSR count). The molecule has 1 atom stereocenters. The van der Waals surface area contributed by atoms with Gasteiger partial charge in [0.05, 0.1) is 12.0 Å². The van der Waals surface area contributed by atoms with Crippen molar-refractivity contribution in [1.29, 1.82) is 0 Å². The van der Waals surface area contributed by atoms with Gasteiger partial charge in [-0.15, -0.1) is 0 Å². The van der Waals surface area contributed by atoms with Gasteiger partial charge in [-0.05, 0) is 58.2 Å². The molecule has 0 amide bonds. The number of likely N-dealkylation sites (tertiary alicyclic amines) is 1. The standard InChI is InChI=1S/C15H26N4/c1-2-19-12-16-10-14(19)11-18-8-5-13(6-9-18)15-4-3-7-17-15/h10,12-13,15,17H,2-9,11H2,1H3. The fourth-order valence-electron chi connectivity index (χ4n) is 3.62. The molecule has 2 saturated heterocycles. The van der Waals surface area contributed by atoms with Crippen LogP contribution in [0.4, 0.5) is 0 Å². The lowest BCUT2D eigenvalue weighted by atomic mass is 9.88. The van der Waals surface area contributed by atoms with Crippen LogP contribution in [-0.4, -0.2) is 40.1 Å². The summed E-state index contributed by atoms with van der Waals surface area (Å²) < 4.78 is 2.25. The highest BCUT2D eigenvalue weighted by atomic mass is 15.2. The quantitative estimate of drug-likeness (QED) is 0.899. The molecule has 3 heterocycles. The van der Waals surface area contributed by atoms with Crippen molar-refractivity contribution in [3.05, 3.63) is 18.2 Å². The van der Waals surface area contributed by atoms with Crippen LogP contribution in [0.25, 0.3) is 0 Å². The second-order valence-electron chi connectivity index (χ2n) is 5.99. The van der Waals surface area contributed by atoms with Gasteiger partial charge in [0.2, 0.25) is 0 Å². The molecule has 1 aromatic rings. The maximum Gasteiger partial charge on any atom is 0.0948 e. The molecule has 0 aromatic carbocycles. The molecule has 1 aromatic heterocycles. The minimum Gasteiger partial charge on any atom is -0.334 e. The van der Waals surface area contributed by atoms with Crippen molar-refractivity contribution in [2.75, 3.05) is 19.6 Å². The minimum atomic E-state index is 0.809. The first kappa shape index (κ1) is 13.1. The summed E-state index contributed by atoms with van der Waals surface area (Å²) in [6.07, 6.45) is 9.46. The number of hydrogen-bond acceptors (Lipinski definition) is 3. The highest BCUT2D eigenvalue weighted by Gasteiger charge is 2.28. The Kier molecular flexibility index (Phi) is 4.18. The van der Waals surface area contributed by atoms with Gasteiger partial charge in [-0.3, -0.25) is 4.90 Å². The Morgan fingerprint density at radius 2 is 2.16 bits per heavy atom. The van der Waals surface area contributed by atoms with Gasteiger partial charge in [0.1, 0.15) is 0 Å². The van der Waals surface area contributed by atoms with Gasteiger partial charge in [-0.2, -0.15) is 0 Å². The van der Waals surface area contributed by atoms with Gasteiger partial charge >= 0.3 is 0 Å². The van der Waals surface area contributed by atoms with Crippen molar-refractivity contribution in [1.82, 2.24) is 19.8 Å². The van der Waals surface area contributed by atoms with Crippen molar-refractivity contribution in [2.24, 2.45) is 5.92 Å². The number of piperidine rings is 1. The molecule has 2 aliphatic heterocycles. The van der Waals surface area contributed by atoms with Crippen molar-refractivity contribution < 1.29 is 0 Å². The van der Waals surface area contributed by atoms with E-state index < -0.39 is 0 Å². The Balaban J connectivity index is 1.50. The third kappa shape index (κ3) is 3.00. The van der Waals surface area contributed by atoms with E-state index in [1.807, 2.05) is 12.5 Å². The van der Waals surface area contributed by atoms with Gasteiger partial charge in [-0.1, -0.05) is 0 Å². The smallest absolute Gasteiger partial charge is 0.0948 e. The summed E-state index contributed by atoms with van der Waals surface area (Å²) in [5, 5.41) is 3.67. The molecule has 19 heavy (non-hydrogen) atoms. The molecule has 106 valence electrons. The Labute approximate surface area is 116 Å². The maximum absolute atomic E-state index is 4.26. The summed E-state index contributed by atoms with van der Waals surface area (Å²) in [6, 6.07) is 0.809. The molecule has 1 unspecified atom stereocenters. The second kappa shape index (κ2) is 6.06. The Hall–Kier alpha value is -0.870. The monoisotopic (exact) mass is 262 g/mol. The molecular weight excluding hydrogens is 236 g/mol. The number of rotatable bonds is 4. The van der Waals surface area contributed by atoms with E-state index in [-0.39, 0.29) is 0 Å². The molecule has 0 bridgehead atoms. The van der Waals surface area contributed by atoms with E-state index in [0.717, 1.165) is 25.0 Å². The molecule has 0 radical (unpaired) electrons. The molecular formula is C15H26N4. The van der Waals surface area contributed by atoms with E-state index in [9.17, 15) is 0 Å². The fraction of sp³-hybridized carbons (Fsp3) is 0.800. The number of nitrogens with one attached hydrogen (secondary N) is 1. The predicted octanol–water partition coefficient (Wildman–Crippen LogP) is 1.87. The molecule has 0 aliphatic carbocycles. The van der Waals surface area contributed by atoms with E-state index in [1.54, 1.807) is 0 Å². The lowest BCUT2D eigenvalue weighted by Crippen LogP contribution is -2.40. The van der Waals surface area contributed by atoms with Crippen LogP contribution >= 0.6 is 0 Å². The van der Waals surface area contributed by atoms with Gasteiger partial charge in [0, 0.05) is 25.3 Å². The van der Waals surface area contributed by atoms with E-state index in [2.05, 4.69) is 26.7 Å². The molecule has 2 fully saturated rings. The average Bonchev–Trinajstić information content (AvgIpc) is 3.10. The number of imidazole rings is 1. The largest absolute Gasteiger partial charge is 0.334 e. The third-order valence-electron chi connectivity index (χ3n) is 4.82. The summed E-state index contributed by atoms with van der Waals surface area (Å²) in [7, 11) is 0. The lowest BCUT2D eigenvalue weighted by Gasteiger charge is -2.34. The summed E-state index contributed by atoms with van der Waals surface area (Å²) >= 11 is 0. The molecule has 0 spiro atoms. The Morgan fingerprint density at radius 1 is 1.32 bits per heavy atom. The van der Waals surface area contributed by atoms with Crippen LogP contribution in [0.2, 0.25) is 0 Å². The fourth-order valence-corrected chi connectivity index (χ4v) is 3.62. The number of hydrogen-bond donors (Lipinski definition) is 1. The van der Waals surface area contributed by atoms with Crippen LogP contribution in [0, 0.1) is 5.92 Å². The summed E-state index contributed by atoms with van der Waals surface area (Å²) in [5.74, 6) is 0.912. The summed E-state index contributed by atoms with van der Waals surface area (Å²) in [4.78, 5) is 6.85. The zero-order chi connectivity index (χ0) is 13.1. The summed E-state index contributed by atoms with van der Waals surface area (Å²) in [5.41, 5.74) is 1.36. The minimum absolute atomic E-state index is 0.809. The predicted molar refractivity (Wildman–Crippen MR) is 76.9 cm³/mol. The van der Waals surface area contributed by atoms with Gasteiger partial charge in [0.25, 0.3) is 0 Å². The van der Waals surface area contributed by atoms with Crippen LogP contribution in [-0.2, 0) is 13.1 Å². The van der Waals surface area contributed by atoms with E-state index in [4.69, 9.17) is 0 Å². The molecule has 2 aliphatic rings. The van der Waals surface area contributed by atoms with Crippen LogP contribution in [0.15, 0.2) is 12.5 Å². The van der Waals surface area contributed by atoms with Crippen molar-refractivity contribution in [3.8, 4) is 0 Å². The van der Waals surface area contributed by atoms with E-state index in [1.165, 1.54) is 51.0 Å². The van der Waals surface area contributed by atoms with Gasteiger partial charge in [-0.25, -0.2) is 4.98 Å². The van der Waals surface area contributed by atoms with Gasteiger partial charge < -0.3 is 9.88 Å². The van der Waals surface area contributed by atoms with Crippen LogP contribution in [0.3, 0.4) is 0 Å².